The molecule has 102 valence electrons. The van der Waals surface area contributed by atoms with Crippen molar-refractivity contribution in [1.29, 1.82) is 0 Å². The van der Waals surface area contributed by atoms with Gasteiger partial charge in [0.2, 0.25) is 0 Å². The van der Waals surface area contributed by atoms with Crippen molar-refractivity contribution in [2.75, 3.05) is 6.61 Å². The quantitative estimate of drug-likeness (QED) is 0.840. The molecule has 0 aliphatic carbocycles. The number of benzene rings is 1. The molecule has 3 nitrogen and oxygen atoms in total. The maximum Gasteiger partial charge on any atom is 0.119 e. The summed E-state index contributed by atoms with van der Waals surface area (Å²) in [6, 6.07) is 8.26. The first kappa shape index (κ1) is 14.0. The predicted octanol–water partition coefficient (Wildman–Crippen LogP) is 3.53. The van der Waals surface area contributed by atoms with Crippen LogP contribution >= 0.6 is 11.3 Å². The lowest BCUT2D eigenvalue weighted by Gasteiger charge is -2.06. The molecule has 0 spiro atoms. The predicted molar refractivity (Wildman–Crippen MR) is 79.6 cm³/mol. The molecule has 19 heavy (non-hydrogen) atoms. The molecule has 0 bridgehead atoms. The Kier molecular flexibility index (Phi) is 5.36. The molecule has 1 aromatic carbocycles. The molecule has 0 fully saturated rings. The van der Waals surface area contributed by atoms with E-state index >= 15 is 0 Å². The third kappa shape index (κ3) is 4.65. The summed E-state index contributed by atoms with van der Waals surface area (Å²) in [5, 5.41) is 4.54. The van der Waals surface area contributed by atoms with Gasteiger partial charge in [-0.15, -0.1) is 11.3 Å². The standard InChI is InChI=1S/C15H20N2OS/c1-3-8-18-14-6-4-13(5-7-14)10-16-11-15-17-9-12(2)19-15/h4-7,9,16H,3,8,10-11H2,1-2H3. The van der Waals surface area contributed by atoms with Gasteiger partial charge in [0.15, 0.2) is 0 Å². The SMILES string of the molecule is CCCOc1ccc(CNCc2ncc(C)s2)cc1. The average molecular weight is 276 g/mol. The van der Waals surface area contributed by atoms with E-state index < -0.39 is 0 Å². The molecule has 0 radical (unpaired) electrons. The first-order valence-electron chi connectivity index (χ1n) is 6.61. The molecule has 0 aliphatic rings. The minimum absolute atomic E-state index is 0.779. The highest BCUT2D eigenvalue weighted by molar-refractivity contribution is 7.11. The van der Waals surface area contributed by atoms with E-state index in [9.17, 15) is 0 Å². The number of aromatic nitrogens is 1. The Balaban J connectivity index is 1.76. The minimum atomic E-state index is 0.779. The highest BCUT2D eigenvalue weighted by Crippen LogP contribution is 2.13. The van der Waals surface area contributed by atoms with Crippen molar-refractivity contribution in [2.24, 2.45) is 0 Å². The fourth-order valence-electron chi connectivity index (χ4n) is 1.72. The molecule has 1 aromatic heterocycles. The molecule has 1 heterocycles. The van der Waals surface area contributed by atoms with Crippen LogP contribution in [0, 0.1) is 6.92 Å². The molecule has 4 heteroatoms. The van der Waals surface area contributed by atoms with Crippen molar-refractivity contribution in [1.82, 2.24) is 10.3 Å². The molecule has 2 aromatic rings. The second-order valence-corrected chi connectivity index (χ2v) is 5.78. The Labute approximate surface area is 118 Å². The van der Waals surface area contributed by atoms with Crippen LogP contribution in [0.25, 0.3) is 0 Å². The number of nitrogens with one attached hydrogen (secondary N) is 1. The highest BCUT2D eigenvalue weighted by Gasteiger charge is 1.99. The first-order chi connectivity index (χ1) is 9.28. The summed E-state index contributed by atoms with van der Waals surface area (Å²) in [6.45, 7) is 6.65. The van der Waals surface area contributed by atoms with Crippen molar-refractivity contribution in [2.45, 2.75) is 33.4 Å². The van der Waals surface area contributed by atoms with E-state index in [0.717, 1.165) is 36.9 Å². The molecule has 0 saturated carbocycles. The van der Waals surface area contributed by atoms with Gasteiger partial charge < -0.3 is 10.1 Å². The van der Waals surface area contributed by atoms with Gasteiger partial charge in [0.1, 0.15) is 10.8 Å². The Morgan fingerprint density at radius 3 is 2.63 bits per heavy atom. The van der Waals surface area contributed by atoms with Gasteiger partial charge in [-0.25, -0.2) is 4.98 Å². The van der Waals surface area contributed by atoms with Gasteiger partial charge in [-0.1, -0.05) is 19.1 Å². The van der Waals surface area contributed by atoms with Crippen molar-refractivity contribution in [3.05, 3.63) is 45.9 Å². The lowest BCUT2D eigenvalue weighted by atomic mass is 10.2. The van der Waals surface area contributed by atoms with Gasteiger partial charge in [0.05, 0.1) is 6.61 Å². The summed E-state index contributed by atoms with van der Waals surface area (Å²) in [6.07, 6.45) is 2.96. The van der Waals surface area contributed by atoms with Crippen molar-refractivity contribution in [3.63, 3.8) is 0 Å². The molecular weight excluding hydrogens is 256 g/mol. The zero-order valence-electron chi connectivity index (χ0n) is 11.5. The smallest absolute Gasteiger partial charge is 0.119 e. The Bertz CT molecular complexity index is 493. The molecule has 2 rings (SSSR count). The number of hydrogen-bond donors (Lipinski definition) is 1. The summed E-state index contributed by atoms with van der Waals surface area (Å²) in [7, 11) is 0. The fourth-order valence-corrected chi connectivity index (χ4v) is 2.48. The van der Waals surface area contributed by atoms with E-state index in [2.05, 4.69) is 36.3 Å². The molecule has 0 saturated heterocycles. The number of thiazole rings is 1. The van der Waals surface area contributed by atoms with Crippen LogP contribution in [0.5, 0.6) is 5.75 Å². The Morgan fingerprint density at radius 2 is 2.00 bits per heavy atom. The van der Waals surface area contributed by atoms with Crippen LogP contribution in [0.15, 0.2) is 30.5 Å². The molecule has 0 aliphatic heterocycles. The lowest BCUT2D eigenvalue weighted by molar-refractivity contribution is 0.317. The monoisotopic (exact) mass is 276 g/mol. The van der Waals surface area contributed by atoms with Crippen molar-refractivity contribution >= 4 is 11.3 Å². The van der Waals surface area contributed by atoms with Crippen molar-refractivity contribution in [3.8, 4) is 5.75 Å². The molecule has 0 unspecified atom stereocenters. The zero-order valence-corrected chi connectivity index (χ0v) is 12.3. The van der Waals surface area contributed by atoms with Gasteiger partial charge in [0, 0.05) is 24.2 Å². The molecular formula is C15H20N2OS. The van der Waals surface area contributed by atoms with Crippen LogP contribution in [0.2, 0.25) is 0 Å². The van der Waals surface area contributed by atoms with Crippen LogP contribution in [0.1, 0.15) is 28.8 Å². The van der Waals surface area contributed by atoms with E-state index in [-0.39, 0.29) is 0 Å². The second-order valence-electron chi connectivity index (χ2n) is 4.46. The second kappa shape index (κ2) is 7.26. The van der Waals surface area contributed by atoms with Gasteiger partial charge in [-0.05, 0) is 31.0 Å². The van der Waals surface area contributed by atoms with Crippen LogP contribution in [-0.2, 0) is 13.1 Å². The fraction of sp³-hybridized carbons (Fsp3) is 0.400. The average Bonchev–Trinajstić information content (AvgIpc) is 2.84. The van der Waals surface area contributed by atoms with Gasteiger partial charge in [0.25, 0.3) is 0 Å². The highest BCUT2D eigenvalue weighted by atomic mass is 32.1. The molecule has 0 amide bonds. The Hall–Kier alpha value is -1.39. The van der Waals surface area contributed by atoms with E-state index in [1.54, 1.807) is 11.3 Å². The summed E-state index contributed by atoms with van der Waals surface area (Å²) in [5.41, 5.74) is 1.26. The van der Waals surface area contributed by atoms with Crippen LogP contribution in [-0.4, -0.2) is 11.6 Å². The maximum atomic E-state index is 5.56. The van der Waals surface area contributed by atoms with Crippen LogP contribution in [0.3, 0.4) is 0 Å². The summed E-state index contributed by atoms with van der Waals surface area (Å²) in [4.78, 5) is 5.59. The number of rotatable bonds is 7. The molecule has 0 atom stereocenters. The maximum absolute atomic E-state index is 5.56. The minimum Gasteiger partial charge on any atom is -0.494 e. The van der Waals surface area contributed by atoms with E-state index in [4.69, 9.17) is 4.74 Å². The zero-order chi connectivity index (χ0) is 13.5. The topological polar surface area (TPSA) is 34.1 Å². The number of hydrogen-bond acceptors (Lipinski definition) is 4. The summed E-state index contributed by atoms with van der Waals surface area (Å²) >= 11 is 1.74. The summed E-state index contributed by atoms with van der Waals surface area (Å²) in [5.74, 6) is 0.946. The van der Waals surface area contributed by atoms with Crippen LogP contribution < -0.4 is 10.1 Å². The largest absolute Gasteiger partial charge is 0.494 e. The third-order valence-corrected chi connectivity index (χ3v) is 3.58. The lowest BCUT2D eigenvalue weighted by Crippen LogP contribution is -2.12. The Morgan fingerprint density at radius 1 is 1.21 bits per heavy atom. The third-order valence-electron chi connectivity index (χ3n) is 2.67. The van der Waals surface area contributed by atoms with Crippen molar-refractivity contribution < 1.29 is 4.74 Å². The number of aryl methyl sites for hydroxylation is 1. The van der Waals surface area contributed by atoms with Gasteiger partial charge >= 0.3 is 0 Å². The van der Waals surface area contributed by atoms with Crippen LogP contribution in [0.4, 0.5) is 0 Å². The van der Waals surface area contributed by atoms with E-state index in [1.165, 1.54) is 10.4 Å². The summed E-state index contributed by atoms with van der Waals surface area (Å²) < 4.78 is 5.56. The van der Waals surface area contributed by atoms with Gasteiger partial charge in [-0.2, -0.15) is 0 Å². The number of nitrogens with zero attached hydrogens (tertiary/aromatic N) is 1. The van der Waals surface area contributed by atoms with E-state index in [1.807, 2.05) is 18.3 Å². The normalized spacial score (nSPS) is 10.6. The van der Waals surface area contributed by atoms with Gasteiger partial charge in [-0.3, -0.25) is 0 Å². The first-order valence-corrected chi connectivity index (χ1v) is 7.43. The number of ether oxygens (including phenoxy) is 1. The van der Waals surface area contributed by atoms with E-state index in [0.29, 0.717) is 0 Å². The molecule has 1 N–H and O–H groups in total.